The maximum atomic E-state index is 13.1. The van der Waals surface area contributed by atoms with Gasteiger partial charge in [-0.05, 0) is 36.9 Å². The van der Waals surface area contributed by atoms with Gasteiger partial charge in [0.15, 0.2) is 6.29 Å². The van der Waals surface area contributed by atoms with Crippen LogP contribution in [0.1, 0.15) is 11.3 Å². The molecule has 150 valence electrons. The van der Waals surface area contributed by atoms with Crippen molar-refractivity contribution < 1.29 is 19.0 Å². The number of ether oxygens (including phenoxy) is 2. The number of rotatable bonds is 7. The second-order valence-corrected chi connectivity index (χ2v) is 7.44. The van der Waals surface area contributed by atoms with E-state index < -0.39 is 12.4 Å². The topological polar surface area (TPSA) is 66.9 Å². The predicted molar refractivity (Wildman–Crippen MR) is 102 cm³/mol. The van der Waals surface area contributed by atoms with Crippen molar-refractivity contribution in [2.45, 2.75) is 43.5 Å². The number of nitrogens with one attached hydrogen (secondary N) is 1. The molecule has 3 heterocycles. The largest absolute Gasteiger partial charge is 0.390 e. The highest BCUT2D eigenvalue weighted by Crippen LogP contribution is 2.31. The first-order chi connectivity index (χ1) is 13.6. The molecule has 6 nitrogen and oxygen atoms in total. The second-order valence-electron chi connectivity index (χ2n) is 7.44. The van der Waals surface area contributed by atoms with Crippen molar-refractivity contribution in [1.82, 2.24) is 15.2 Å². The van der Waals surface area contributed by atoms with Gasteiger partial charge in [0.2, 0.25) is 0 Å². The van der Waals surface area contributed by atoms with Crippen molar-refractivity contribution >= 4 is 0 Å². The zero-order valence-electron chi connectivity index (χ0n) is 15.9. The maximum absolute atomic E-state index is 13.1. The molecule has 0 saturated carbocycles. The normalized spacial score (nSPS) is 29.4. The average molecular weight is 387 g/mol. The third kappa shape index (κ3) is 4.24. The Kier molecular flexibility index (Phi) is 5.99. The second kappa shape index (κ2) is 8.63. The highest BCUT2D eigenvalue weighted by molar-refractivity contribution is 5.16. The third-order valence-electron chi connectivity index (χ3n) is 5.54. The van der Waals surface area contributed by atoms with E-state index >= 15 is 0 Å². The minimum atomic E-state index is -0.638. The highest BCUT2D eigenvalue weighted by Gasteiger charge is 2.51. The van der Waals surface area contributed by atoms with E-state index in [1.807, 2.05) is 25.2 Å². The van der Waals surface area contributed by atoms with Crippen LogP contribution in [0.15, 0.2) is 48.7 Å². The fraction of sp³-hybridized carbons (Fsp3) is 0.476. The Hall–Kier alpha value is -1.90. The molecule has 2 aliphatic heterocycles. The van der Waals surface area contributed by atoms with Crippen molar-refractivity contribution in [3.63, 3.8) is 0 Å². The molecule has 0 unspecified atom stereocenters. The van der Waals surface area contributed by atoms with Crippen LogP contribution in [-0.2, 0) is 22.4 Å². The summed E-state index contributed by atoms with van der Waals surface area (Å²) in [6, 6.07) is 11.7. The molecule has 0 aliphatic carbocycles. The Morgan fingerprint density at radius 3 is 2.82 bits per heavy atom. The quantitative estimate of drug-likeness (QED) is 0.748. The molecule has 0 radical (unpaired) electrons. The van der Waals surface area contributed by atoms with Gasteiger partial charge >= 0.3 is 0 Å². The minimum Gasteiger partial charge on any atom is -0.390 e. The summed E-state index contributed by atoms with van der Waals surface area (Å²) < 4.78 is 24.9. The van der Waals surface area contributed by atoms with Gasteiger partial charge in [-0.1, -0.05) is 18.2 Å². The van der Waals surface area contributed by atoms with Crippen LogP contribution in [0.3, 0.4) is 0 Å². The highest BCUT2D eigenvalue weighted by atomic mass is 19.1. The monoisotopic (exact) mass is 387 g/mol. The van der Waals surface area contributed by atoms with E-state index in [9.17, 15) is 9.50 Å². The zero-order valence-corrected chi connectivity index (χ0v) is 15.9. The lowest BCUT2D eigenvalue weighted by Gasteiger charge is -2.42. The van der Waals surface area contributed by atoms with Crippen LogP contribution in [0.5, 0.6) is 0 Å². The molecule has 1 aromatic heterocycles. The Bertz CT molecular complexity index is 761. The van der Waals surface area contributed by atoms with Crippen molar-refractivity contribution in [3.05, 3.63) is 65.7 Å². The van der Waals surface area contributed by atoms with E-state index in [4.69, 9.17) is 9.47 Å². The number of aliphatic hydroxyl groups is 1. The summed E-state index contributed by atoms with van der Waals surface area (Å²) in [6.45, 7) is 1.71. The number of hydrogen-bond donors (Lipinski definition) is 2. The lowest BCUT2D eigenvalue weighted by atomic mass is 9.94. The Labute approximate surface area is 164 Å². The summed E-state index contributed by atoms with van der Waals surface area (Å²) in [4.78, 5) is 6.44. The number of benzene rings is 1. The molecular formula is C21H26FN3O3. The smallest absolute Gasteiger partial charge is 0.176 e. The zero-order chi connectivity index (χ0) is 19.5. The summed E-state index contributed by atoms with van der Waals surface area (Å²) in [5.74, 6) is -0.258. The van der Waals surface area contributed by atoms with Crippen molar-refractivity contribution in [1.29, 1.82) is 0 Å². The maximum Gasteiger partial charge on any atom is 0.176 e. The molecule has 1 aromatic carbocycles. The number of likely N-dealkylation sites (N-methyl/N-ethyl adjacent to an activating group) is 1. The molecule has 28 heavy (non-hydrogen) atoms. The van der Waals surface area contributed by atoms with Crippen LogP contribution >= 0.6 is 0 Å². The van der Waals surface area contributed by atoms with Crippen LogP contribution in [0.4, 0.5) is 4.39 Å². The number of aromatic nitrogens is 1. The summed E-state index contributed by atoms with van der Waals surface area (Å²) >= 11 is 0. The molecule has 7 heteroatoms. The SMILES string of the molecule is CN(CCc1ccccn1)[C@@H]1[C@@H]2OC[C@H](O2)[C@@H](NCc2ccc(F)cc2)[C@@H]1O. The number of pyridine rings is 1. The molecule has 2 saturated heterocycles. The van der Waals surface area contributed by atoms with Crippen LogP contribution in [0.25, 0.3) is 0 Å². The molecule has 2 fully saturated rings. The first kappa shape index (κ1) is 19.4. The summed E-state index contributed by atoms with van der Waals surface area (Å²) in [7, 11) is 1.97. The van der Waals surface area contributed by atoms with Gasteiger partial charge in [0.25, 0.3) is 0 Å². The number of nitrogens with zero attached hydrogens (tertiary/aromatic N) is 2. The molecule has 2 N–H and O–H groups in total. The van der Waals surface area contributed by atoms with Gasteiger partial charge in [0, 0.05) is 31.4 Å². The number of hydrogen-bond acceptors (Lipinski definition) is 6. The summed E-state index contributed by atoms with van der Waals surface area (Å²) in [5.41, 5.74) is 1.96. The fourth-order valence-electron chi connectivity index (χ4n) is 3.95. The van der Waals surface area contributed by atoms with Crippen molar-refractivity contribution in [3.8, 4) is 0 Å². The summed E-state index contributed by atoms with van der Waals surface area (Å²) in [6.07, 6.45) is 1.30. The first-order valence-corrected chi connectivity index (χ1v) is 9.65. The van der Waals surface area contributed by atoms with Crippen LogP contribution in [0, 0.1) is 5.82 Å². The van der Waals surface area contributed by atoms with Gasteiger partial charge in [-0.15, -0.1) is 0 Å². The van der Waals surface area contributed by atoms with E-state index in [0.29, 0.717) is 13.2 Å². The van der Waals surface area contributed by atoms with Gasteiger partial charge in [-0.2, -0.15) is 0 Å². The van der Waals surface area contributed by atoms with E-state index in [-0.39, 0.29) is 24.0 Å². The van der Waals surface area contributed by atoms with Gasteiger partial charge < -0.3 is 19.9 Å². The van der Waals surface area contributed by atoms with E-state index in [1.165, 1.54) is 12.1 Å². The fourth-order valence-corrected chi connectivity index (χ4v) is 3.95. The number of fused-ring (bicyclic) bond motifs is 2. The molecule has 2 bridgehead atoms. The Morgan fingerprint density at radius 2 is 2.07 bits per heavy atom. The van der Waals surface area contributed by atoms with E-state index in [2.05, 4.69) is 15.2 Å². The third-order valence-corrected chi connectivity index (χ3v) is 5.54. The first-order valence-electron chi connectivity index (χ1n) is 9.65. The molecule has 2 aliphatic rings. The average Bonchev–Trinajstić information content (AvgIpc) is 3.13. The number of halogens is 1. The van der Waals surface area contributed by atoms with E-state index in [0.717, 1.165) is 24.2 Å². The molecule has 2 aromatic rings. The predicted octanol–water partition coefficient (Wildman–Crippen LogP) is 1.34. The Balaban J connectivity index is 1.39. The number of aliphatic hydroxyl groups excluding tert-OH is 1. The lowest BCUT2D eigenvalue weighted by molar-refractivity contribution is -0.178. The van der Waals surface area contributed by atoms with Crippen molar-refractivity contribution in [2.75, 3.05) is 20.2 Å². The van der Waals surface area contributed by atoms with Crippen LogP contribution in [0.2, 0.25) is 0 Å². The molecular weight excluding hydrogens is 361 g/mol. The molecule has 4 rings (SSSR count). The lowest BCUT2D eigenvalue weighted by Crippen LogP contribution is -2.63. The Morgan fingerprint density at radius 1 is 1.25 bits per heavy atom. The summed E-state index contributed by atoms with van der Waals surface area (Å²) in [5, 5.41) is 14.4. The van der Waals surface area contributed by atoms with Gasteiger partial charge in [-0.3, -0.25) is 9.88 Å². The van der Waals surface area contributed by atoms with E-state index in [1.54, 1.807) is 18.3 Å². The molecule has 0 spiro atoms. The van der Waals surface area contributed by atoms with Crippen molar-refractivity contribution in [2.24, 2.45) is 0 Å². The van der Waals surface area contributed by atoms with Gasteiger partial charge in [0.05, 0.1) is 24.8 Å². The van der Waals surface area contributed by atoms with Gasteiger partial charge in [0.1, 0.15) is 11.9 Å². The minimum absolute atomic E-state index is 0.194. The molecule has 0 amide bonds. The standard InChI is InChI=1S/C21H26FN3O3/c1-25(11-9-16-4-2-3-10-23-16)19-20(26)18(17-13-27-21(19)28-17)24-12-14-5-7-15(22)8-6-14/h2-8,10,17-21,24,26H,9,11-13H2,1H3/t17-,18+,19-,20-,21+/m0/s1. The van der Waals surface area contributed by atoms with Gasteiger partial charge in [-0.25, -0.2) is 4.39 Å². The van der Waals surface area contributed by atoms with Crippen LogP contribution in [-0.4, -0.2) is 65.8 Å². The molecule has 5 atom stereocenters. The van der Waals surface area contributed by atoms with Crippen LogP contribution < -0.4 is 5.32 Å².